The normalized spacial score (nSPS) is 11.1. The lowest BCUT2D eigenvalue weighted by Crippen LogP contribution is -2.00. The van der Waals surface area contributed by atoms with Gasteiger partial charge in [-0.1, -0.05) is 0 Å². The molecule has 0 atom stereocenters. The molecule has 0 fully saturated rings. The Balaban J connectivity index is 2.34. The Bertz CT molecular complexity index is 705. The van der Waals surface area contributed by atoms with Crippen LogP contribution >= 0.6 is 0 Å². The molecular formula is C10H9N5O. The summed E-state index contributed by atoms with van der Waals surface area (Å²) in [6, 6.07) is 1.97. The average molecular weight is 215 g/mol. The molecule has 0 aliphatic heterocycles. The second-order valence-electron chi connectivity index (χ2n) is 3.60. The van der Waals surface area contributed by atoms with E-state index in [1.165, 1.54) is 6.33 Å². The minimum Gasteiger partial charge on any atom is -0.306 e. The molecule has 16 heavy (non-hydrogen) atoms. The van der Waals surface area contributed by atoms with E-state index >= 15 is 0 Å². The number of hydrogen-bond acceptors (Lipinski definition) is 3. The van der Waals surface area contributed by atoms with Crippen molar-refractivity contribution in [2.45, 2.75) is 6.92 Å². The minimum atomic E-state index is -0.277. The number of fused-ring (bicyclic) bond motifs is 1. The van der Waals surface area contributed by atoms with E-state index in [1.54, 1.807) is 0 Å². The number of rotatable bonds is 1. The maximum absolute atomic E-state index is 11.2. The summed E-state index contributed by atoms with van der Waals surface area (Å²) in [7, 11) is 0. The highest BCUT2D eigenvalue weighted by atomic mass is 16.1. The van der Waals surface area contributed by atoms with Crippen molar-refractivity contribution in [2.75, 3.05) is 0 Å². The number of hydrogen-bond donors (Lipinski definition) is 2. The van der Waals surface area contributed by atoms with Crippen LogP contribution in [-0.2, 0) is 0 Å². The summed E-state index contributed by atoms with van der Waals surface area (Å²) in [5, 5.41) is 0. The number of aromatic nitrogens is 5. The van der Waals surface area contributed by atoms with Crippen molar-refractivity contribution in [3.05, 3.63) is 40.8 Å². The van der Waals surface area contributed by atoms with Gasteiger partial charge in [0.2, 0.25) is 0 Å². The van der Waals surface area contributed by atoms with Crippen molar-refractivity contribution in [1.82, 2.24) is 24.5 Å². The second kappa shape index (κ2) is 3.06. The van der Waals surface area contributed by atoms with E-state index in [4.69, 9.17) is 0 Å². The average Bonchev–Trinajstić information content (AvgIpc) is 2.82. The Hall–Kier alpha value is -2.37. The van der Waals surface area contributed by atoms with Crippen LogP contribution in [0.4, 0.5) is 0 Å². The Labute approximate surface area is 90.0 Å². The maximum Gasteiger partial charge on any atom is 0.325 e. The first kappa shape index (κ1) is 8.90. The van der Waals surface area contributed by atoms with Crippen molar-refractivity contribution < 1.29 is 0 Å². The van der Waals surface area contributed by atoms with Crippen LogP contribution in [0.25, 0.3) is 17.0 Å². The topological polar surface area (TPSA) is 79.4 Å². The zero-order valence-corrected chi connectivity index (χ0v) is 8.56. The van der Waals surface area contributed by atoms with Crippen LogP contribution in [0.3, 0.4) is 0 Å². The quantitative estimate of drug-likeness (QED) is 0.628. The lowest BCUT2D eigenvalue weighted by molar-refractivity contribution is 0.997. The van der Waals surface area contributed by atoms with Crippen LogP contribution in [0.5, 0.6) is 0 Å². The van der Waals surface area contributed by atoms with Gasteiger partial charge in [0, 0.05) is 12.4 Å². The zero-order valence-electron chi connectivity index (χ0n) is 8.56. The van der Waals surface area contributed by atoms with E-state index in [0.29, 0.717) is 17.0 Å². The smallest absolute Gasteiger partial charge is 0.306 e. The number of aromatic amines is 2. The van der Waals surface area contributed by atoms with E-state index in [9.17, 15) is 4.79 Å². The SMILES string of the molecule is Cc1ccn(-c2ncnc3[nH]c(=O)[nH]c23)c1. The third-order valence-corrected chi connectivity index (χ3v) is 2.38. The van der Waals surface area contributed by atoms with E-state index in [0.717, 1.165) is 5.56 Å². The Morgan fingerprint density at radius 1 is 1.31 bits per heavy atom. The summed E-state index contributed by atoms with van der Waals surface area (Å²) in [5.41, 5.74) is 1.98. The largest absolute Gasteiger partial charge is 0.325 e. The standard InChI is InChI=1S/C10H9N5O/c1-6-2-3-15(4-6)9-7-8(11-5-12-9)14-10(16)13-7/h2-5H,1H3,(H2,11,12,13,14,16). The van der Waals surface area contributed by atoms with Crippen molar-refractivity contribution >= 4 is 11.2 Å². The Kier molecular flexibility index (Phi) is 1.70. The number of imidazole rings is 1. The fourth-order valence-electron chi connectivity index (χ4n) is 1.67. The molecule has 6 nitrogen and oxygen atoms in total. The fraction of sp³-hybridized carbons (Fsp3) is 0.100. The van der Waals surface area contributed by atoms with Crippen molar-refractivity contribution in [3.63, 3.8) is 0 Å². The summed E-state index contributed by atoms with van der Waals surface area (Å²) in [6.45, 7) is 1.99. The number of nitrogens with one attached hydrogen (secondary N) is 2. The monoisotopic (exact) mass is 215 g/mol. The molecule has 3 heterocycles. The van der Waals surface area contributed by atoms with Gasteiger partial charge in [0.05, 0.1) is 0 Å². The minimum absolute atomic E-state index is 0.277. The fourth-order valence-corrected chi connectivity index (χ4v) is 1.67. The summed E-state index contributed by atoms with van der Waals surface area (Å²) in [4.78, 5) is 24.6. The first-order valence-electron chi connectivity index (χ1n) is 4.82. The van der Waals surface area contributed by atoms with Crippen LogP contribution < -0.4 is 5.69 Å². The first-order valence-corrected chi connectivity index (χ1v) is 4.82. The molecule has 0 aliphatic rings. The molecule has 0 unspecified atom stereocenters. The van der Waals surface area contributed by atoms with Crippen LogP contribution in [0.1, 0.15) is 5.56 Å². The van der Waals surface area contributed by atoms with Gasteiger partial charge in [-0.25, -0.2) is 14.8 Å². The predicted molar refractivity (Wildman–Crippen MR) is 58.6 cm³/mol. The Morgan fingerprint density at radius 2 is 2.19 bits per heavy atom. The molecule has 6 heteroatoms. The first-order chi connectivity index (χ1) is 7.74. The van der Waals surface area contributed by atoms with Crippen LogP contribution in [0.15, 0.2) is 29.6 Å². The van der Waals surface area contributed by atoms with Crippen molar-refractivity contribution in [2.24, 2.45) is 0 Å². The number of nitrogens with zero attached hydrogens (tertiary/aromatic N) is 3. The number of H-pyrrole nitrogens is 2. The molecule has 80 valence electrons. The van der Waals surface area contributed by atoms with E-state index in [-0.39, 0.29) is 5.69 Å². The number of aryl methyl sites for hydroxylation is 1. The van der Waals surface area contributed by atoms with E-state index in [2.05, 4.69) is 19.9 Å². The van der Waals surface area contributed by atoms with Gasteiger partial charge >= 0.3 is 5.69 Å². The molecule has 0 bridgehead atoms. The third-order valence-electron chi connectivity index (χ3n) is 2.38. The third kappa shape index (κ3) is 1.23. The van der Waals surface area contributed by atoms with Gasteiger partial charge in [0.25, 0.3) is 0 Å². The lowest BCUT2D eigenvalue weighted by atomic mass is 10.4. The van der Waals surface area contributed by atoms with Crippen LogP contribution in [0, 0.1) is 6.92 Å². The van der Waals surface area contributed by atoms with Gasteiger partial charge in [-0.05, 0) is 18.6 Å². The van der Waals surface area contributed by atoms with Crippen molar-refractivity contribution in [1.29, 1.82) is 0 Å². The highest BCUT2D eigenvalue weighted by Gasteiger charge is 2.08. The van der Waals surface area contributed by atoms with E-state index < -0.39 is 0 Å². The molecule has 0 radical (unpaired) electrons. The van der Waals surface area contributed by atoms with Gasteiger partial charge in [-0.3, -0.25) is 4.98 Å². The van der Waals surface area contributed by atoms with Crippen molar-refractivity contribution in [3.8, 4) is 5.82 Å². The molecule has 3 aromatic heterocycles. The van der Waals surface area contributed by atoms with Crippen LogP contribution in [-0.4, -0.2) is 24.5 Å². The molecule has 0 aliphatic carbocycles. The summed E-state index contributed by atoms with van der Waals surface area (Å²) in [6.07, 6.45) is 5.26. The van der Waals surface area contributed by atoms with Gasteiger partial charge in [-0.2, -0.15) is 0 Å². The zero-order chi connectivity index (χ0) is 11.1. The summed E-state index contributed by atoms with van der Waals surface area (Å²) >= 11 is 0. The van der Waals surface area contributed by atoms with Gasteiger partial charge in [0.1, 0.15) is 11.8 Å². The predicted octanol–water partition coefficient (Wildman–Crippen LogP) is 0.745. The van der Waals surface area contributed by atoms with Gasteiger partial charge in [0.15, 0.2) is 11.5 Å². The van der Waals surface area contributed by atoms with E-state index in [1.807, 2.05) is 30.0 Å². The van der Waals surface area contributed by atoms with Crippen LogP contribution in [0.2, 0.25) is 0 Å². The maximum atomic E-state index is 11.2. The lowest BCUT2D eigenvalue weighted by Gasteiger charge is -2.01. The summed E-state index contributed by atoms with van der Waals surface area (Å²) < 4.78 is 1.85. The van der Waals surface area contributed by atoms with Gasteiger partial charge in [-0.15, -0.1) is 0 Å². The molecule has 2 N–H and O–H groups in total. The molecule has 0 saturated heterocycles. The van der Waals surface area contributed by atoms with Gasteiger partial charge < -0.3 is 9.55 Å². The molecule has 0 amide bonds. The molecular weight excluding hydrogens is 206 g/mol. The second-order valence-corrected chi connectivity index (χ2v) is 3.60. The molecule has 3 aromatic rings. The molecule has 3 rings (SSSR count). The molecule has 0 saturated carbocycles. The molecule has 0 aromatic carbocycles. The molecule has 0 spiro atoms. The summed E-state index contributed by atoms with van der Waals surface area (Å²) in [5.74, 6) is 0.663. The highest BCUT2D eigenvalue weighted by molar-refractivity contribution is 5.77. The Morgan fingerprint density at radius 3 is 2.94 bits per heavy atom. The highest BCUT2D eigenvalue weighted by Crippen LogP contribution is 2.14.